The van der Waals surface area contributed by atoms with Crippen molar-refractivity contribution < 1.29 is 0 Å². The van der Waals surface area contributed by atoms with Gasteiger partial charge in [0.05, 0.1) is 93.8 Å². The standard InChI is InChI=1S/C47H29N7.C35H21N5.C34H20N6/c1-4-15-30(16-5-1)32-19-14-20-33(27-32)46-50-45(31-17-6-2-7-18-31)51-47(52-46)54-39-26-13-10-23-35(39)40-37-28-48-29-49-42(37)41-36-24-11-12-25-38(36)53(44(41)43(40)54)34-21-8-3-9-22-34;1-2-11-23(12-3-1)39-28-16-8-6-14-25(28)32-33-26(20-36-21-37-33)31-24-13-5-9-17-29(24)40(34(31)35(32)39)30-19-18-22-10-4-7-15-27(22)38-30;1-2-11-22(12-3-1)39-27-16-8-6-14-24(27)30-31-25(19-35-20-37-31)29-23-13-5-9-17-28(23)40(32(29)33(30)39)34-36-18-21-10-4-7-15-26(21)38-34/h1-29H;1-21H;1-20H. The summed E-state index contributed by atoms with van der Waals surface area (Å²) in [6.45, 7) is 0. The van der Waals surface area contributed by atoms with Gasteiger partial charge in [0.25, 0.3) is 0 Å². The minimum atomic E-state index is 0.525. The molecule has 134 heavy (non-hydrogen) atoms. The van der Waals surface area contributed by atoms with Gasteiger partial charge in [0, 0.05) is 145 Å². The Hall–Kier alpha value is -18.7. The molecule has 0 atom stereocenters. The number of rotatable bonds is 9. The van der Waals surface area contributed by atoms with Crippen LogP contribution >= 0.6 is 0 Å². The molecule has 0 aliphatic rings. The molecule has 0 fully saturated rings. The Labute approximate surface area is 762 Å². The Morgan fingerprint density at radius 2 is 0.515 bits per heavy atom. The van der Waals surface area contributed by atoms with Crippen LogP contribution in [0.5, 0.6) is 0 Å². The second-order valence-corrected chi connectivity index (χ2v) is 33.5. The maximum absolute atomic E-state index is 5.35. The van der Waals surface area contributed by atoms with Gasteiger partial charge in [-0.1, -0.05) is 279 Å². The summed E-state index contributed by atoms with van der Waals surface area (Å²) < 4.78 is 13.8. The lowest BCUT2D eigenvalue weighted by Gasteiger charge is -2.14. The van der Waals surface area contributed by atoms with E-state index in [2.05, 4.69) is 358 Å². The van der Waals surface area contributed by atoms with Gasteiger partial charge < -0.3 is 13.7 Å². The molecule has 29 rings (SSSR count). The van der Waals surface area contributed by atoms with Crippen LogP contribution in [0.4, 0.5) is 0 Å². The van der Waals surface area contributed by atoms with Gasteiger partial charge in [-0.2, -0.15) is 9.97 Å². The van der Waals surface area contributed by atoms with Crippen molar-refractivity contribution in [3.05, 3.63) is 426 Å². The molecule has 0 saturated heterocycles. The van der Waals surface area contributed by atoms with Crippen LogP contribution in [-0.2, 0) is 0 Å². The second-order valence-electron chi connectivity index (χ2n) is 33.5. The molecule has 12 heterocycles. The van der Waals surface area contributed by atoms with E-state index in [0.29, 0.717) is 23.5 Å². The van der Waals surface area contributed by atoms with Gasteiger partial charge in [0.1, 0.15) is 24.8 Å². The zero-order chi connectivity index (χ0) is 88.0. The predicted molar refractivity (Wildman–Crippen MR) is 543 cm³/mol. The SMILES string of the molecule is c1ccc(-c2cccc(-c3nc(-c4ccccc4)nc(-n4c5ccccc5c5c6cncnc6c6c7ccccc7n(-c7ccccc7)c6c54)n3)c2)cc1.c1ccc(-n2c3ccccc3c3c4ncncc4c4c5ccccc5n(-c5ccc6ccccc6n5)c4c32)cc1.c1ccc(-n2c3ccccc3c3c4ncncc4c4c5ccccc5n(-c5ncc6ccccc6n5)c4c32)cc1. The van der Waals surface area contributed by atoms with E-state index in [1.165, 1.54) is 0 Å². The van der Waals surface area contributed by atoms with Crippen molar-refractivity contribution >= 4 is 185 Å². The van der Waals surface area contributed by atoms with Gasteiger partial charge in [-0.3, -0.25) is 13.7 Å². The summed E-state index contributed by atoms with van der Waals surface area (Å²) >= 11 is 0. The lowest BCUT2D eigenvalue weighted by molar-refractivity contribution is 0.953. The number of hydrogen-bond donors (Lipinski definition) is 0. The van der Waals surface area contributed by atoms with Crippen molar-refractivity contribution in [2.75, 3.05) is 0 Å². The zero-order valence-corrected chi connectivity index (χ0v) is 71.5. The Bertz CT molecular complexity index is 9510. The van der Waals surface area contributed by atoms with E-state index in [0.717, 1.165) is 230 Å². The first-order chi connectivity index (χ1) is 66.6. The number of nitrogens with zero attached hydrogens (tertiary/aromatic N) is 18. The van der Waals surface area contributed by atoms with Crippen LogP contribution in [0.15, 0.2) is 426 Å². The molecule has 0 radical (unpaired) electrons. The van der Waals surface area contributed by atoms with Gasteiger partial charge in [0.2, 0.25) is 11.9 Å². The Balaban J connectivity index is 0.000000104. The van der Waals surface area contributed by atoms with Crippen LogP contribution in [0, 0.1) is 0 Å². The number of para-hydroxylation sites is 11. The molecular formula is C116H70N18. The minimum absolute atomic E-state index is 0.525. The third-order valence-electron chi connectivity index (χ3n) is 26.2. The highest BCUT2D eigenvalue weighted by atomic mass is 15.2. The summed E-state index contributed by atoms with van der Waals surface area (Å²) in [5.41, 5.74) is 24.7. The highest BCUT2D eigenvalue weighted by Gasteiger charge is 2.32. The largest absolute Gasteiger partial charge is 0.307 e. The molecule has 0 aliphatic heterocycles. The molecule has 0 amide bonds. The number of benzene rings is 17. The van der Waals surface area contributed by atoms with Crippen molar-refractivity contribution in [2.24, 2.45) is 0 Å². The lowest BCUT2D eigenvalue weighted by atomic mass is 10.0. The molecule has 12 aromatic heterocycles. The van der Waals surface area contributed by atoms with Crippen molar-refractivity contribution in [3.63, 3.8) is 0 Å². The average Bonchev–Trinajstić information content (AvgIpc) is 1.53. The Kier molecular flexibility index (Phi) is 17.2. The van der Waals surface area contributed by atoms with Gasteiger partial charge in [-0.15, -0.1) is 0 Å². The Morgan fingerprint density at radius 1 is 0.187 bits per heavy atom. The molecule has 18 nitrogen and oxygen atoms in total. The van der Waals surface area contributed by atoms with E-state index in [9.17, 15) is 0 Å². The molecular weight excluding hydrogens is 1650 g/mol. The predicted octanol–water partition coefficient (Wildman–Crippen LogP) is 27.1. The molecule has 17 aromatic carbocycles. The van der Waals surface area contributed by atoms with Crippen LogP contribution in [0.2, 0.25) is 0 Å². The monoisotopic (exact) mass is 1710 g/mol. The molecule has 0 spiro atoms. The maximum Gasteiger partial charge on any atom is 0.238 e. The molecule has 0 saturated carbocycles. The van der Waals surface area contributed by atoms with Gasteiger partial charge >= 0.3 is 0 Å². The number of aromatic nitrogens is 18. The summed E-state index contributed by atoms with van der Waals surface area (Å²) in [7, 11) is 0. The summed E-state index contributed by atoms with van der Waals surface area (Å²) in [5.74, 6) is 3.22. The highest BCUT2D eigenvalue weighted by Crippen LogP contribution is 2.51. The fourth-order valence-electron chi connectivity index (χ4n) is 20.7. The van der Waals surface area contributed by atoms with Crippen LogP contribution in [0.1, 0.15) is 0 Å². The fourth-order valence-corrected chi connectivity index (χ4v) is 20.7. The summed E-state index contributed by atoms with van der Waals surface area (Å²) in [6, 6.07) is 133. The van der Waals surface area contributed by atoms with E-state index < -0.39 is 0 Å². The Morgan fingerprint density at radius 3 is 0.970 bits per heavy atom. The molecule has 0 bridgehead atoms. The normalized spacial score (nSPS) is 11.9. The number of hydrogen-bond acceptors (Lipinski definition) is 12. The second kappa shape index (κ2) is 30.5. The lowest BCUT2D eigenvalue weighted by Crippen LogP contribution is -2.07. The maximum atomic E-state index is 5.35. The molecule has 18 heteroatoms. The molecule has 0 aliphatic carbocycles. The van der Waals surface area contributed by atoms with E-state index in [-0.39, 0.29) is 0 Å². The first-order valence-electron chi connectivity index (χ1n) is 44.5. The topological polar surface area (TPSA) is 184 Å². The number of pyridine rings is 1. The van der Waals surface area contributed by atoms with Crippen LogP contribution in [0.3, 0.4) is 0 Å². The quantitative estimate of drug-likeness (QED) is 0.133. The van der Waals surface area contributed by atoms with E-state index in [1.54, 1.807) is 19.0 Å². The van der Waals surface area contributed by atoms with Crippen molar-refractivity contribution in [1.29, 1.82) is 0 Å². The number of fused-ring (bicyclic) bond motifs is 32. The first kappa shape index (κ1) is 75.5. The van der Waals surface area contributed by atoms with Crippen molar-refractivity contribution in [3.8, 4) is 68.7 Å². The summed E-state index contributed by atoms with van der Waals surface area (Å²) in [5, 5.41) is 18.4. The zero-order valence-electron chi connectivity index (χ0n) is 71.5. The van der Waals surface area contributed by atoms with Gasteiger partial charge in [-0.05, 0) is 114 Å². The fraction of sp³-hybridized carbons (Fsp3) is 0. The summed E-state index contributed by atoms with van der Waals surface area (Å²) in [6.07, 6.45) is 12.7. The van der Waals surface area contributed by atoms with Crippen molar-refractivity contribution in [2.45, 2.75) is 0 Å². The average molecular weight is 1720 g/mol. The first-order valence-corrected chi connectivity index (χ1v) is 44.5. The van der Waals surface area contributed by atoms with Crippen LogP contribution in [0.25, 0.3) is 254 Å². The molecule has 624 valence electrons. The van der Waals surface area contributed by atoms with Gasteiger partial charge in [0.15, 0.2) is 11.6 Å². The third kappa shape index (κ3) is 11.6. The van der Waals surface area contributed by atoms with Crippen LogP contribution in [-0.4, -0.2) is 87.2 Å². The van der Waals surface area contributed by atoms with E-state index in [1.807, 2.05) is 91.5 Å². The smallest absolute Gasteiger partial charge is 0.238 e. The third-order valence-corrected chi connectivity index (χ3v) is 26.2. The van der Waals surface area contributed by atoms with E-state index in [4.69, 9.17) is 44.9 Å². The molecule has 0 N–H and O–H groups in total. The minimum Gasteiger partial charge on any atom is -0.307 e. The van der Waals surface area contributed by atoms with Crippen molar-refractivity contribution in [1.82, 2.24) is 87.2 Å². The molecule has 29 aromatic rings. The summed E-state index contributed by atoms with van der Waals surface area (Å²) in [4.78, 5) is 59.3. The van der Waals surface area contributed by atoms with Gasteiger partial charge in [-0.25, -0.2) is 49.8 Å². The van der Waals surface area contributed by atoms with Crippen LogP contribution < -0.4 is 0 Å². The van der Waals surface area contributed by atoms with E-state index >= 15 is 0 Å². The highest BCUT2D eigenvalue weighted by molar-refractivity contribution is 6.39. The molecule has 0 unspecified atom stereocenters.